The number of nitrogens with zero attached hydrogens (tertiary/aromatic N) is 1. The highest BCUT2D eigenvalue weighted by molar-refractivity contribution is 6.31. The smallest absolute Gasteiger partial charge is 0.0705 e. The molecule has 0 radical (unpaired) electrons. The van der Waals surface area contributed by atoms with Crippen molar-refractivity contribution in [2.24, 2.45) is 0 Å². The fraction of sp³-hybridized carbons (Fsp3) is 0.167. The molecule has 2 nitrogen and oxygen atoms in total. The summed E-state index contributed by atoms with van der Waals surface area (Å²) in [5.74, 6) is 0. The first-order valence-corrected chi connectivity index (χ1v) is 7.50. The van der Waals surface area contributed by atoms with Crippen LogP contribution in [0.1, 0.15) is 24.1 Å². The molecule has 3 heteroatoms. The molecule has 0 aliphatic carbocycles. The Balaban J connectivity index is 2.19. The van der Waals surface area contributed by atoms with Gasteiger partial charge >= 0.3 is 0 Å². The zero-order chi connectivity index (χ0) is 14.7. The molecule has 1 unspecified atom stereocenters. The van der Waals surface area contributed by atoms with E-state index < -0.39 is 0 Å². The molecular formula is C18H17ClN2. The maximum absolute atomic E-state index is 6.40. The molecular weight excluding hydrogens is 280 g/mol. The van der Waals surface area contributed by atoms with Crippen molar-refractivity contribution < 1.29 is 0 Å². The molecule has 0 aliphatic rings. The van der Waals surface area contributed by atoms with Crippen molar-refractivity contribution in [3.8, 4) is 0 Å². The summed E-state index contributed by atoms with van der Waals surface area (Å²) in [4.78, 5) is 4.44. The summed E-state index contributed by atoms with van der Waals surface area (Å²) < 4.78 is 0. The molecule has 0 saturated carbocycles. The van der Waals surface area contributed by atoms with Crippen LogP contribution < -0.4 is 5.32 Å². The fourth-order valence-corrected chi connectivity index (χ4v) is 2.92. The number of hydrogen-bond acceptors (Lipinski definition) is 2. The van der Waals surface area contributed by atoms with Crippen LogP contribution in [0, 0.1) is 0 Å². The molecule has 0 fully saturated rings. The average molecular weight is 297 g/mol. The predicted molar refractivity (Wildman–Crippen MR) is 88.7 cm³/mol. The second kappa shape index (κ2) is 6.25. The first-order valence-electron chi connectivity index (χ1n) is 7.12. The topological polar surface area (TPSA) is 24.9 Å². The maximum Gasteiger partial charge on any atom is 0.0705 e. The van der Waals surface area contributed by atoms with E-state index in [0.29, 0.717) is 0 Å². The molecule has 21 heavy (non-hydrogen) atoms. The lowest BCUT2D eigenvalue weighted by Crippen LogP contribution is -2.22. The molecule has 0 aliphatic heterocycles. The van der Waals surface area contributed by atoms with E-state index in [1.54, 1.807) is 0 Å². The van der Waals surface area contributed by atoms with E-state index in [1.807, 2.05) is 42.6 Å². The van der Waals surface area contributed by atoms with Gasteiger partial charge in [-0.05, 0) is 35.9 Å². The third-order valence-electron chi connectivity index (χ3n) is 3.61. The van der Waals surface area contributed by atoms with Gasteiger partial charge in [0.25, 0.3) is 0 Å². The molecule has 2 aromatic carbocycles. The number of benzene rings is 2. The van der Waals surface area contributed by atoms with Crippen LogP contribution in [0.3, 0.4) is 0 Å². The van der Waals surface area contributed by atoms with E-state index in [1.165, 1.54) is 5.56 Å². The number of rotatable bonds is 4. The number of hydrogen-bond donors (Lipinski definition) is 1. The van der Waals surface area contributed by atoms with Gasteiger partial charge in [-0.15, -0.1) is 0 Å². The van der Waals surface area contributed by atoms with E-state index in [0.717, 1.165) is 28.0 Å². The molecule has 0 spiro atoms. The Labute approximate surface area is 129 Å². The average Bonchev–Trinajstić information content (AvgIpc) is 2.53. The summed E-state index contributed by atoms with van der Waals surface area (Å²) in [6.45, 7) is 2.97. The lowest BCUT2D eigenvalue weighted by Gasteiger charge is -2.21. The molecule has 0 amide bonds. The van der Waals surface area contributed by atoms with E-state index >= 15 is 0 Å². The SMILES string of the molecule is CCNC(c1ccccc1Cl)c1cccc2ncccc12. The van der Waals surface area contributed by atoms with E-state index in [-0.39, 0.29) is 6.04 Å². The lowest BCUT2D eigenvalue weighted by atomic mass is 9.95. The summed E-state index contributed by atoms with van der Waals surface area (Å²) in [5, 5.41) is 5.48. The van der Waals surface area contributed by atoms with Crippen molar-refractivity contribution in [2.75, 3.05) is 6.54 Å². The van der Waals surface area contributed by atoms with Crippen LogP contribution in [-0.2, 0) is 0 Å². The maximum atomic E-state index is 6.40. The van der Waals surface area contributed by atoms with Crippen LogP contribution in [-0.4, -0.2) is 11.5 Å². The second-order valence-electron chi connectivity index (χ2n) is 4.93. The molecule has 1 atom stereocenters. The zero-order valence-corrected chi connectivity index (χ0v) is 12.6. The summed E-state index contributed by atoms with van der Waals surface area (Å²) in [6, 6.07) is 18.4. The Morgan fingerprint density at radius 3 is 2.62 bits per heavy atom. The Hall–Kier alpha value is -1.90. The van der Waals surface area contributed by atoms with E-state index in [2.05, 4.69) is 35.4 Å². The molecule has 1 heterocycles. The summed E-state index contributed by atoms with van der Waals surface area (Å²) in [5.41, 5.74) is 3.30. The number of fused-ring (bicyclic) bond motifs is 1. The Bertz CT molecular complexity index is 750. The van der Waals surface area contributed by atoms with Gasteiger partial charge in [-0.25, -0.2) is 0 Å². The number of pyridine rings is 1. The van der Waals surface area contributed by atoms with E-state index in [4.69, 9.17) is 11.6 Å². The molecule has 0 bridgehead atoms. The van der Waals surface area contributed by atoms with Gasteiger partial charge in [-0.1, -0.05) is 54.9 Å². The highest BCUT2D eigenvalue weighted by Crippen LogP contribution is 2.31. The molecule has 3 aromatic rings. The highest BCUT2D eigenvalue weighted by atomic mass is 35.5. The first-order chi connectivity index (χ1) is 10.3. The van der Waals surface area contributed by atoms with Gasteiger partial charge in [0.05, 0.1) is 11.6 Å². The normalized spacial score (nSPS) is 12.5. The minimum Gasteiger partial charge on any atom is -0.306 e. The van der Waals surface area contributed by atoms with Gasteiger partial charge in [0.15, 0.2) is 0 Å². The van der Waals surface area contributed by atoms with Crippen molar-refractivity contribution in [3.05, 3.63) is 76.9 Å². The number of nitrogens with one attached hydrogen (secondary N) is 1. The zero-order valence-electron chi connectivity index (χ0n) is 11.9. The Morgan fingerprint density at radius 1 is 1.00 bits per heavy atom. The third-order valence-corrected chi connectivity index (χ3v) is 3.96. The van der Waals surface area contributed by atoms with Crippen molar-refractivity contribution in [2.45, 2.75) is 13.0 Å². The van der Waals surface area contributed by atoms with Crippen LogP contribution in [0.25, 0.3) is 10.9 Å². The van der Waals surface area contributed by atoms with Gasteiger partial charge in [0, 0.05) is 16.6 Å². The highest BCUT2D eigenvalue weighted by Gasteiger charge is 2.17. The largest absolute Gasteiger partial charge is 0.306 e. The standard InChI is InChI=1S/C18H17ClN2/c1-2-20-18(15-7-3-4-10-16(15)19)14-8-5-11-17-13(14)9-6-12-21-17/h3-12,18,20H,2H2,1H3. The minimum absolute atomic E-state index is 0.0663. The molecule has 1 N–H and O–H groups in total. The van der Waals surface area contributed by atoms with Crippen LogP contribution in [0.4, 0.5) is 0 Å². The molecule has 0 saturated heterocycles. The van der Waals surface area contributed by atoms with Crippen LogP contribution in [0.5, 0.6) is 0 Å². The predicted octanol–water partition coefficient (Wildman–Crippen LogP) is 4.59. The van der Waals surface area contributed by atoms with Crippen molar-refractivity contribution in [1.82, 2.24) is 10.3 Å². The number of aromatic nitrogens is 1. The van der Waals surface area contributed by atoms with Crippen LogP contribution in [0.15, 0.2) is 60.8 Å². The lowest BCUT2D eigenvalue weighted by molar-refractivity contribution is 0.634. The quantitative estimate of drug-likeness (QED) is 0.762. The van der Waals surface area contributed by atoms with Crippen LogP contribution in [0.2, 0.25) is 5.02 Å². The van der Waals surface area contributed by atoms with Gasteiger partial charge in [0.2, 0.25) is 0 Å². The minimum atomic E-state index is 0.0663. The summed E-state index contributed by atoms with van der Waals surface area (Å²) in [7, 11) is 0. The van der Waals surface area contributed by atoms with Crippen molar-refractivity contribution in [3.63, 3.8) is 0 Å². The molecule has 106 valence electrons. The van der Waals surface area contributed by atoms with Gasteiger partial charge in [0.1, 0.15) is 0 Å². The summed E-state index contributed by atoms with van der Waals surface area (Å²) in [6.07, 6.45) is 1.82. The van der Waals surface area contributed by atoms with Crippen molar-refractivity contribution >= 4 is 22.5 Å². The fourth-order valence-electron chi connectivity index (χ4n) is 2.68. The van der Waals surface area contributed by atoms with Crippen molar-refractivity contribution in [1.29, 1.82) is 0 Å². The third kappa shape index (κ3) is 2.78. The monoisotopic (exact) mass is 296 g/mol. The van der Waals surface area contributed by atoms with E-state index in [9.17, 15) is 0 Å². The van der Waals surface area contributed by atoms with Gasteiger partial charge in [-0.2, -0.15) is 0 Å². The van der Waals surface area contributed by atoms with Gasteiger partial charge < -0.3 is 5.32 Å². The molecule has 1 aromatic heterocycles. The first kappa shape index (κ1) is 14.1. The number of halogens is 1. The van der Waals surface area contributed by atoms with Gasteiger partial charge in [-0.3, -0.25) is 4.98 Å². The Morgan fingerprint density at radius 2 is 1.81 bits per heavy atom. The Kier molecular flexibility index (Phi) is 4.18. The summed E-state index contributed by atoms with van der Waals surface area (Å²) >= 11 is 6.40. The molecule has 3 rings (SSSR count). The van der Waals surface area contributed by atoms with Crippen LogP contribution >= 0.6 is 11.6 Å². The second-order valence-corrected chi connectivity index (χ2v) is 5.34.